The van der Waals surface area contributed by atoms with Crippen LogP contribution in [0.15, 0.2) is 77.7 Å². The monoisotopic (exact) mass is 324 g/mol. The number of benzene rings is 3. The van der Waals surface area contributed by atoms with Crippen LogP contribution in [0.25, 0.3) is 22.3 Å². The molecule has 2 heteroatoms. The quantitative estimate of drug-likeness (QED) is 0.520. The molecule has 0 spiro atoms. The Morgan fingerprint density at radius 1 is 0.682 bits per heavy atom. The van der Waals surface area contributed by atoms with Crippen molar-refractivity contribution in [1.82, 2.24) is 0 Å². The molecule has 3 rings (SSSR count). The summed E-state index contributed by atoms with van der Waals surface area (Å²) in [6.07, 6.45) is 2.12. The Bertz CT molecular complexity index is 749. The third-order valence-corrected chi connectivity index (χ3v) is 4.47. The lowest BCUT2D eigenvalue weighted by atomic mass is 9.92. The largest absolute Gasteiger partial charge is 0.197 e. The second-order valence-electron chi connectivity index (χ2n) is 5.09. The Labute approximate surface area is 144 Å². The van der Waals surface area contributed by atoms with Gasteiger partial charge in [-0.25, -0.2) is 0 Å². The van der Waals surface area contributed by atoms with E-state index in [9.17, 15) is 0 Å². The molecular weight excluding hydrogens is 304 g/mol. The van der Waals surface area contributed by atoms with Crippen LogP contribution in [0.4, 0.5) is 0 Å². The molecule has 0 saturated heterocycles. The van der Waals surface area contributed by atoms with Gasteiger partial charge in [-0.3, -0.25) is 0 Å². The molecular formula is C20H20S2. The highest BCUT2D eigenvalue weighted by Crippen LogP contribution is 2.36. The maximum absolute atomic E-state index is 2.30. The Kier molecular flexibility index (Phi) is 5.76. The molecule has 0 amide bonds. The van der Waals surface area contributed by atoms with Gasteiger partial charge in [-0.15, -0.1) is 11.8 Å². The second-order valence-corrected chi connectivity index (χ2v) is 5.97. The molecule has 22 heavy (non-hydrogen) atoms. The molecule has 0 nitrogen and oxygen atoms in total. The van der Waals surface area contributed by atoms with Crippen molar-refractivity contribution < 1.29 is 0 Å². The molecule has 0 aliphatic carbocycles. The fourth-order valence-corrected chi connectivity index (χ4v) is 3.06. The van der Waals surface area contributed by atoms with Crippen molar-refractivity contribution >= 4 is 25.3 Å². The van der Waals surface area contributed by atoms with Crippen molar-refractivity contribution in [2.45, 2.75) is 11.8 Å². The number of aryl methyl sites for hydroxylation is 1. The molecule has 0 radical (unpaired) electrons. The van der Waals surface area contributed by atoms with E-state index in [1.54, 1.807) is 11.8 Å². The summed E-state index contributed by atoms with van der Waals surface area (Å²) in [4.78, 5) is 1.30. The van der Waals surface area contributed by atoms with Crippen LogP contribution >= 0.6 is 25.3 Å². The van der Waals surface area contributed by atoms with E-state index in [1.165, 1.54) is 32.7 Å². The Morgan fingerprint density at radius 3 is 2.05 bits per heavy atom. The summed E-state index contributed by atoms with van der Waals surface area (Å²) in [7, 11) is 0. The predicted molar refractivity (Wildman–Crippen MR) is 104 cm³/mol. The van der Waals surface area contributed by atoms with Crippen molar-refractivity contribution in [2.75, 3.05) is 6.26 Å². The van der Waals surface area contributed by atoms with Gasteiger partial charge in [-0.2, -0.15) is 13.5 Å². The number of hydrogen-bond acceptors (Lipinski definition) is 1. The first-order chi connectivity index (χ1) is 10.3. The van der Waals surface area contributed by atoms with E-state index < -0.39 is 0 Å². The van der Waals surface area contributed by atoms with Gasteiger partial charge in [0.2, 0.25) is 0 Å². The lowest BCUT2D eigenvalue weighted by Gasteiger charge is -2.14. The van der Waals surface area contributed by atoms with E-state index in [-0.39, 0.29) is 13.5 Å². The topological polar surface area (TPSA) is 0 Å². The first-order valence-electron chi connectivity index (χ1n) is 7.09. The van der Waals surface area contributed by atoms with Gasteiger partial charge in [0.25, 0.3) is 0 Å². The van der Waals surface area contributed by atoms with Gasteiger partial charge in [-0.05, 0) is 53.1 Å². The van der Waals surface area contributed by atoms with E-state index in [2.05, 4.69) is 86.0 Å². The van der Waals surface area contributed by atoms with Gasteiger partial charge in [-0.1, -0.05) is 60.7 Å². The van der Waals surface area contributed by atoms with Crippen molar-refractivity contribution in [2.24, 2.45) is 0 Å². The number of hydrogen-bond donors (Lipinski definition) is 0. The van der Waals surface area contributed by atoms with Gasteiger partial charge in [0, 0.05) is 4.90 Å². The summed E-state index contributed by atoms with van der Waals surface area (Å²) in [6, 6.07) is 25.9. The number of thioether (sulfide) groups is 1. The summed E-state index contributed by atoms with van der Waals surface area (Å²) in [5, 5.41) is 0. The zero-order valence-electron chi connectivity index (χ0n) is 12.8. The minimum Gasteiger partial charge on any atom is -0.197 e. The molecule has 0 aromatic heterocycles. The minimum atomic E-state index is 0. The maximum atomic E-state index is 2.30. The van der Waals surface area contributed by atoms with Crippen molar-refractivity contribution in [1.29, 1.82) is 0 Å². The van der Waals surface area contributed by atoms with Crippen LogP contribution in [0.2, 0.25) is 0 Å². The normalized spacial score (nSPS) is 10.1. The van der Waals surface area contributed by atoms with Crippen LogP contribution in [0, 0.1) is 6.92 Å². The molecule has 112 valence electrons. The zero-order chi connectivity index (χ0) is 14.7. The van der Waals surface area contributed by atoms with E-state index in [0.717, 1.165) is 0 Å². The van der Waals surface area contributed by atoms with E-state index in [0.29, 0.717) is 0 Å². The molecule has 0 N–H and O–H groups in total. The molecule has 0 fully saturated rings. The second kappa shape index (κ2) is 7.57. The Morgan fingerprint density at radius 2 is 1.36 bits per heavy atom. The Balaban J connectivity index is 0.00000176. The average Bonchev–Trinajstić information content (AvgIpc) is 2.55. The third-order valence-electron chi connectivity index (χ3n) is 3.75. The molecule has 0 atom stereocenters. The van der Waals surface area contributed by atoms with Crippen LogP contribution in [-0.4, -0.2) is 6.26 Å². The summed E-state index contributed by atoms with van der Waals surface area (Å²) in [5.41, 5.74) is 6.50. The average molecular weight is 325 g/mol. The highest BCUT2D eigenvalue weighted by Gasteiger charge is 2.10. The molecule has 0 heterocycles. The zero-order valence-corrected chi connectivity index (χ0v) is 14.7. The first-order valence-corrected chi connectivity index (χ1v) is 8.31. The summed E-state index contributed by atoms with van der Waals surface area (Å²) >= 11 is 1.79. The lowest BCUT2D eigenvalue weighted by molar-refractivity contribution is 1.41. The SMILES string of the molecule is CSc1ccc(-c2ccccc2)c(-c2ccccc2C)c1.S. The fourth-order valence-electron chi connectivity index (χ4n) is 2.62. The van der Waals surface area contributed by atoms with E-state index >= 15 is 0 Å². The first kappa shape index (κ1) is 16.7. The molecule has 3 aromatic rings. The highest BCUT2D eigenvalue weighted by molar-refractivity contribution is 7.98. The molecule has 0 saturated carbocycles. The van der Waals surface area contributed by atoms with Crippen molar-refractivity contribution in [3.63, 3.8) is 0 Å². The van der Waals surface area contributed by atoms with Gasteiger partial charge < -0.3 is 0 Å². The fraction of sp³-hybridized carbons (Fsp3) is 0.100. The third kappa shape index (κ3) is 3.40. The molecule has 0 aliphatic heterocycles. The number of rotatable bonds is 3. The van der Waals surface area contributed by atoms with Crippen molar-refractivity contribution in [3.8, 4) is 22.3 Å². The summed E-state index contributed by atoms with van der Waals surface area (Å²) in [6.45, 7) is 2.18. The predicted octanol–water partition coefficient (Wildman–Crippen LogP) is 6.16. The maximum Gasteiger partial charge on any atom is 0.00757 e. The van der Waals surface area contributed by atoms with Gasteiger partial charge in [0.05, 0.1) is 0 Å². The molecule has 0 aliphatic rings. The van der Waals surface area contributed by atoms with Crippen LogP contribution < -0.4 is 0 Å². The van der Waals surface area contributed by atoms with Crippen LogP contribution in [0.3, 0.4) is 0 Å². The molecule has 0 bridgehead atoms. The van der Waals surface area contributed by atoms with E-state index in [1.807, 2.05) is 0 Å². The highest BCUT2D eigenvalue weighted by atomic mass is 32.2. The smallest absolute Gasteiger partial charge is 0.00757 e. The summed E-state index contributed by atoms with van der Waals surface area (Å²) in [5.74, 6) is 0. The lowest BCUT2D eigenvalue weighted by Crippen LogP contribution is -1.88. The molecule has 0 unspecified atom stereocenters. The van der Waals surface area contributed by atoms with E-state index in [4.69, 9.17) is 0 Å². The van der Waals surface area contributed by atoms with Crippen molar-refractivity contribution in [3.05, 3.63) is 78.4 Å². The Hall–Kier alpha value is -1.64. The van der Waals surface area contributed by atoms with Gasteiger partial charge in [0.15, 0.2) is 0 Å². The molecule has 3 aromatic carbocycles. The van der Waals surface area contributed by atoms with Crippen LogP contribution in [0.1, 0.15) is 5.56 Å². The van der Waals surface area contributed by atoms with Gasteiger partial charge >= 0.3 is 0 Å². The van der Waals surface area contributed by atoms with Crippen LogP contribution in [0.5, 0.6) is 0 Å². The van der Waals surface area contributed by atoms with Gasteiger partial charge in [0.1, 0.15) is 0 Å². The van der Waals surface area contributed by atoms with Crippen LogP contribution in [-0.2, 0) is 0 Å². The standard InChI is InChI=1S/C20H18S.H2S/c1-15-8-6-7-11-18(15)20-14-17(21-2)12-13-19(20)16-9-4-3-5-10-16;/h3-14H,1-2H3;1H2. The summed E-state index contributed by atoms with van der Waals surface area (Å²) < 4.78 is 0. The minimum absolute atomic E-state index is 0.